The Hall–Kier alpha value is -3.16. The molecular formula is C19H16F6N6O2. The zero-order valence-corrected chi connectivity index (χ0v) is 16.7. The third-order valence-corrected chi connectivity index (χ3v) is 5.91. The smallest absolute Gasteiger partial charge is 0.430 e. The number of amides is 1. The Morgan fingerprint density at radius 1 is 1.03 bits per heavy atom. The fourth-order valence-corrected chi connectivity index (χ4v) is 4.56. The van der Waals surface area contributed by atoms with Gasteiger partial charge in [-0.3, -0.25) is 5.32 Å². The summed E-state index contributed by atoms with van der Waals surface area (Å²) < 4.78 is 86.6. The fourth-order valence-electron chi connectivity index (χ4n) is 4.56. The molecule has 5 heterocycles. The number of fused-ring (bicyclic) bond motifs is 3. The minimum absolute atomic E-state index is 0.00510. The summed E-state index contributed by atoms with van der Waals surface area (Å²) in [5.41, 5.74) is -2.70. The Bertz CT molecular complexity index is 1090. The van der Waals surface area contributed by atoms with Crippen molar-refractivity contribution in [3.05, 3.63) is 29.6 Å². The molecule has 2 N–H and O–H groups in total. The van der Waals surface area contributed by atoms with E-state index in [1.54, 1.807) is 4.90 Å². The van der Waals surface area contributed by atoms with Gasteiger partial charge in [0, 0.05) is 25.2 Å². The van der Waals surface area contributed by atoms with Gasteiger partial charge in [0.05, 0.1) is 16.8 Å². The van der Waals surface area contributed by atoms with Crippen molar-refractivity contribution in [3.63, 3.8) is 0 Å². The highest BCUT2D eigenvalue weighted by Gasteiger charge is 2.50. The van der Waals surface area contributed by atoms with E-state index in [1.807, 2.05) is 5.32 Å². The number of carbonyl (C=O) groups is 1. The van der Waals surface area contributed by atoms with Gasteiger partial charge in [-0.05, 0) is 25.0 Å². The molecule has 0 saturated carbocycles. The molecule has 8 nitrogen and oxygen atoms in total. The van der Waals surface area contributed by atoms with Crippen molar-refractivity contribution in [2.45, 2.75) is 43.4 Å². The van der Waals surface area contributed by atoms with Gasteiger partial charge in [-0.25, -0.2) is 19.7 Å². The number of rotatable bonds is 2. The van der Waals surface area contributed by atoms with Gasteiger partial charge in [0.15, 0.2) is 0 Å². The van der Waals surface area contributed by atoms with Crippen molar-refractivity contribution in [1.82, 2.24) is 20.3 Å². The molecule has 2 fully saturated rings. The number of hydrogen-bond donors (Lipinski definition) is 2. The van der Waals surface area contributed by atoms with Crippen molar-refractivity contribution in [1.29, 1.82) is 0 Å². The second kappa shape index (κ2) is 7.43. The number of piperazine rings is 1. The van der Waals surface area contributed by atoms with E-state index < -0.39 is 52.9 Å². The molecule has 2 bridgehead atoms. The normalized spacial score (nSPS) is 24.8. The van der Waals surface area contributed by atoms with Gasteiger partial charge < -0.3 is 15.0 Å². The van der Waals surface area contributed by atoms with Gasteiger partial charge in [0.1, 0.15) is 23.7 Å². The summed E-state index contributed by atoms with van der Waals surface area (Å²) >= 11 is 0. The topological polar surface area (TPSA) is 92.3 Å². The number of pyridine rings is 1. The summed E-state index contributed by atoms with van der Waals surface area (Å²) in [4.78, 5) is 25.1. The second-order valence-electron chi connectivity index (χ2n) is 7.98. The van der Waals surface area contributed by atoms with Crippen LogP contribution in [-0.4, -0.2) is 52.4 Å². The Labute approximate surface area is 182 Å². The van der Waals surface area contributed by atoms with Crippen LogP contribution >= 0.6 is 0 Å². The number of carbonyl (C=O) groups excluding carboxylic acids is 1. The zero-order valence-electron chi connectivity index (χ0n) is 16.7. The number of halogens is 6. The van der Waals surface area contributed by atoms with Crippen LogP contribution < -0.4 is 15.5 Å². The summed E-state index contributed by atoms with van der Waals surface area (Å²) in [7, 11) is 0. The van der Waals surface area contributed by atoms with Gasteiger partial charge in [0.2, 0.25) is 6.10 Å². The van der Waals surface area contributed by atoms with Crippen molar-refractivity contribution < 1.29 is 35.9 Å². The van der Waals surface area contributed by atoms with Crippen LogP contribution in [-0.2, 0) is 10.9 Å². The maximum absolute atomic E-state index is 13.7. The van der Waals surface area contributed by atoms with Crippen molar-refractivity contribution >= 4 is 17.7 Å². The molecule has 14 heteroatoms. The molecule has 2 saturated heterocycles. The number of hydrogen-bond acceptors (Lipinski definition) is 7. The van der Waals surface area contributed by atoms with E-state index in [9.17, 15) is 31.1 Å². The number of nitrogens with zero attached hydrogens (tertiary/aromatic N) is 4. The van der Waals surface area contributed by atoms with E-state index in [0.29, 0.717) is 19.2 Å². The average molecular weight is 474 g/mol. The van der Waals surface area contributed by atoms with Crippen LogP contribution in [0.4, 0.5) is 42.8 Å². The molecule has 0 aliphatic carbocycles. The molecule has 0 spiro atoms. The fraction of sp³-hybridized carbons (Fsp3) is 0.474. The highest BCUT2D eigenvalue weighted by molar-refractivity contribution is 5.88. The van der Waals surface area contributed by atoms with E-state index in [-0.39, 0.29) is 17.9 Å². The number of cyclic esters (lactones) is 1. The van der Waals surface area contributed by atoms with E-state index in [4.69, 9.17) is 0 Å². The Morgan fingerprint density at radius 3 is 2.36 bits per heavy atom. The number of nitrogens with one attached hydrogen (secondary N) is 2. The van der Waals surface area contributed by atoms with Gasteiger partial charge >= 0.3 is 18.4 Å². The first-order valence-corrected chi connectivity index (χ1v) is 10.0. The SMILES string of the molecule is O=C1Nc2ncnc(-c3cc(C(F)(F)F)cc(N4C5CCC4CNC5)n3)c2[C@H](C(F)(F)F)O1. The highest BCUT2D eigenvalue weighted by Crippen LogP contribution is 2.45. The summed E-state index contributed by atoms with van der Waals surface area (Å²) in [5, 5.41) is 5.25. The molecule has 3 atom stereocenters. The Kier molecular flexibility index (Phi) is 4.88. The highest BCUT2D eigenvalue weighted by atomic mass is 19.4. The predicted molar refractivity (Wildman–Crippen MR) is 101 cm³/mol. The Morgan fingerprint density at radius 2 is 1.73 bits per heavy atom. The summed E-state index contributed by atoms with van der Waals surface area (Å²) in [6.45, 7) is 1.12. The third-order valence-electron chi connectivity index (χ3n) is 5.91. The first-order valence-electron chi connectivity index (χ1n) is 10.0. The quantitative estimate of drug-likeness (QED) is 0.642. The van der Waals surface area contributed by atoms with E-state index in [1.165, 1.54) is 0 Å². The number of alkyl halides is 6. The first kappa shape index (κ1) is 21.7. The monoisotopic (exact) mass is 474 g/mol. The first-order chi connectivity index (χ1) is 15.5. The summed E-state index contributed by atoms with van der Waals surface area (Å²) in [6, 6.07) is 1.36. The minimum Gasteiger partial charge on any atom is -0.431 e. The van der Waals surface area contributed by atoms with Gasteiger partial charge in [-0.15, -0.1) is 0 Å². The van der Waals surface area contributed by atoms with Crippen molar-refractivity contribution in [2.75, 3.05) is 23.3 Å². The minimum atomic E-state index is -5.05. The third kappa shape index (κ3) is 3.81. The molecule has 2 aromatic rings. The van der Waals surface area contributed by atoms with E-state index in [2.05, 4.69) is 25.0 Å². The van der Waals surface area contributed by atoms with Crippen molar-refractivity contribution in [3.8, 4) is 11.4 Å². The number of anilines is 2. The van der Waals surface area contributed by atoms with Gasteiger partial charge in [-0.1, -0.05) is 0 Å². The van der Waals surface area contributed by atoms with E-state index in [0.717, 1.165) is 25.2 Å². The second-order valence-corrected chi connectivity index (χ2v) is 7.98. The number of aromatic nitrogens is 3. The summed E-state index contributed by atoms with van der Waals surface area (Å²) in [5.74, 6) is -0.493. The molecule has 0 aromatic carbocycles. The Balaban J connectivity index is 1.69. The molecule has 3 aliphatic rings. The lowest BCUT2D eigenvalue weighted by molar-refractivity contribution is -0.206. The molecule has 176 valence electrons. The molecule has 1 amide bonds. The van der Waals surface area contributed by atoms with Crippen molar-refractivity contribution in [2.24, 2.45) is 0 Å². The van der Waals surface area contributed by atoms with Crippen LogP contribution in [0.15, 0.2) is 18.5 Å². The van der Waals surface area contributed by atoms with Crippen LogP contribution in [0.3, 0.4) is 0 Å². The van der Waals surface area contributed by atoms with Gasteiger partial charge in [-0.2, -0.15) is 26.3 Å². The maximum atomic E-state index is 13.7. The molecule has 5 rings (SSSR count). The zero-order chi connectivity index (χ0) is 23.5. The molecule has 2 aromatic heterocycles. The molecule has 3 aliphatic heterocycles. The average Bonchev–Trinajstić information content (AvgIpc) is 2.99. The maximum Gasteiger partial charge on any atom is 0.430 e. The molecule has 0 radical (unpaired) electrons. The lowest BCUT2D eigenvalue weighted by atomic mass is 10.0. The molecular weight excluding hydrogens is 458 g/mol. The van der Waals surface area contributed by atoms with Crippen LogP contribution in [0.5, 0.6) is 0 Å². The standard InChI is InChI=1S/C19H16F6N6O2/c20-18(21,22)8-3-11(29-12(4-8)31-9-1-2-10(31)6-26-5-9)14-13-15(19(23,24)25)33-17(32)30-16(13)28-7-27-14/h3-4,7,9-10,15,26H,1-2,5-6H2,(H,27,28,30,32)/t9?,10?,15-/m1/s1. The van der Waals surface area contributed by atoms with Crippen LogP contribution in [0, 0.1) is 0 Å². The van der Waals surface area contributed by atoms with E-state index >= 15 is 0 Å². The molecule has 2 unspecified atom stereocenters. The summed E-state index contributed by atoms with van der Waals surface area (Å²) in [6.07, 6.45) is -11.6. The lowest BCUT2D eigenvalue weighted by Gasteiger charge is -2.36. The largest absolute Gasteiger partial charge is 0.431 e. The van der Waals surface area contributed by atoms with Gasteiger partial charge in [0.25, 0.3) is 0 Å². The van der Waals surface area contributed by atoms with Crippen LogP contribution in [0.2, 0.25) is 0 Å². The number of ether oxygens (including phenoxy) is 1. The van der Waals surface area contributed by atoms with Crippen LogP contribution in [0.1, 0.15) is 30.1 Å². The molecule has 33 heavy (non-hydrogen) atoms. The predicted octanol–water partition coefficient (Wildman–Crippen LogP) is 3.66. The van der Waals surface area contributed by atoms with Crippen LogP contribution in [0.25, 0.3) is 11.4 Å². The lowest BCUT2D eigenvalue weighted by Crippen LogP contribution is -2.52.